The first-order valence-electron chi connectivity index (χ1n) is 13.1. The molecule has 0 N–H and O–H groups in total. The van der Waals surface area contributed by atoms with E-state index >= 15 is 0 Å². The average Bonchev–Trinajstić information content (AvgIpc) is 2.85. The summed E-state index contributed by atoms with van der Waals surface area (Å²) < 4.78 is 52.8. The fourth-order valence-corrected chi connectivity index (χ4v) is 5.96. The average molecular weight is 465 g/mol. The molecule has 33 heavy (non-hydrogen) atoms. The third-order valence-electron chi connectivity index (χ3n) is 8.15. The molecule has 3 aliphatic rings. The van der Waals surface area contributed by atoms with Gasteiger partial charge in [-0.05, 0) is 87.3 Å². The first kappa shape index (κ1) is 24.8. The molecule has 1 saturated carbocycles. The van der Waals surface area contributed by atoms with Crippen molar-refractivity contribution in [3.8, 4) is 0 Å². The van der Waals surface area contributed by atoms with E-state index in [0.717, 1.165) is 57.5 Å². The fraction of sp³-hybridized carbons (Fsp3) is 0.714. The Labute approximate surface area is 196 Å². The number of unbranched alkanes of at least 4 members (excludes halogenated alkanes) is 3. The van der Waals surface area contributed by atoms with E-state index in [0.29, 0.717) is 23.3 Å². The predicted molar refractivity (Wildman–Crippen MR) is 124 cm³/mol. The number of hydrogen-bond acceptors (Lipinski definition) is 2. The number of halogens is 3. The highest BCUT2D eigenvalue weighted by Crippen LogP contribution is 2.41. The summed E-state index contributed by atoms with van der Waals surface area (Å²) in [7, 11) is 0. The molecule has 0 amide bonds. The first-order chi connectivity index (χ1) is 16.0. The molecule has 1 aliphatic heterocycles. The van der Waals surface area contributed by atoms with Gasteiger partial charge in [0.25, 0.3) is 0 Å². The summed E-state index contributed by atoms with van der Waals surface area (Å²) in [5.74, 6) is -2.07. The summed E-state index contributed by atoms with van der Waals surface area (Å²) in [4.78, 5) is 0. The molecule has 1 atom stereocenters. The van der Waals surface area contributed by atoms with Gasteiger partial charge >= 0.3 is 0 Å². The summed E-state index contributed by atoms with van der Waals surface area (Å²) in [6.45, 7) is 3.79. The smallest absolute Gasteiger partial charge is 0.194 e. The van der Waals surface area contributed by atoms with Gasteiger partial charge in [0.2, 0.25) is 0 Å². The van der Waals surface area contributed by atoms with Crippen molar-refractivity contribution in [1.29, 1.82) is 0 Å². The second-order valence-corrected chi connectivity index (χ2v) is 10.4. The van der Waals surface area contributed by atoms with Crippen molar-refractivity contribution in [2.45, 2.75) is 96.2 Å². The van der Waals surface area contributed by atoms with Crippen LogP contribution in [0.2, 0.25) is 0 Å². The maximum atomic E-state index is 13.6. The molecular weight excluding hydrogens is 425 g/mol. The lowest BCUT2D eigenvalue weighted by Crippen LogP contribution is -2.41. The van der Waals surface area contributed by atoms with Crippen molar-refractivity contribution in [2.75, 3.05) is 13.2 Å². The zero-order valence-electron chi connectivity index (χ0n) is 20.0. The molecule has 0 bridgehead atoms. The van der Waals surface area contributed by atoms with Crippen LogP contribution in [0.15, 0.2) is 23.8 Å². The highest BCUT2D eigenvalue weighted by molar-refractivity contribution is 5.23. The van der Waals surface area contributed by atoms with Crippen LogP contribution < -0.4 is 0 Å². The summed E-state index contributed by atoms with van der Waals surface area (Å²) in [5.41, 5.74) is 2.21. The van der Waals surface area contributed by atoms with Gasteiger partial charge < -0.3 is 9.47 Å². The number of ether oxygens (including phenoxy) is 2. The van der Waals surface area contributed by atoms with E-state index in [9.17, 15) is 13.2 Å². The van der Waals surface area contributed by atoms with Crippen LogP contribution in [0.1, 0.15) is 95.5 Å². The lowest BCUT2D eigenvalue weighted by Gasteiger charge is -2.40. The zero-order chi connectivity index (χ0) is 23.2. The molecule has 1 aromatic rings. The van der Waals surface area contributed by atoms with E-state index < -0.39 is 17.5 Å². The molecule has 5 heteroatoms. The molecule has 1 heterocycles. The van der Waals surface area contributed by atoms with Gasteiger partial charge in [0.1, 0.15) is 0 Å². The summed E-state index contributed by atoms with van der Waals surface area (Å²) in [6.07, 6.45) is 16.0. The molecule has 0 spiro atoms. The van der Waals surface area contributed by atoms with Crippen molar-refractivity contribution >= 4 is 0 Å². The van der Waals surface area contributed by atoms with Crippen molar-refractivity contribution in [3.05, 3.63) is 46.8 Å². The quantitative estimate of drug-likeness (QED) is 0.220. The molecule has 1 saturated heterocycles. The molecule has 4 rings (SSSR count). The van der Waals surface area contributed by atoms with Crippen molar-refractivity contribution in [2.24, 2.45) is 17.8 Å². The van der Waals surface area contributed by atoms with Gasteiger partial charge in [-0.1, -0.05) is 37.8 Å². The van der Waals surface area contributed by atoms with Gasteiger partial charge in [-0.25, -0.2) is 13.2 Å². The Hall–Kier alpha value is -1.33. The van der Waals surface area contributed by atoms with Gasteiger partial charge in [-0.3, -0.25) is 0 Å². The van der Waals surface area contributed by atoms with Gasteiger partial charge in [0, 0.05) is 11.8 Å². The summed E-state index contributed by atoms with van der Waals surface area (Å²) in [6, 6.07) is 2.30. The largest absolute Gasteiger partial charge is 0.352 e. The van der Waals surface area contributed by atoms with E-state index in [1.165, 1.54) is 44.9 Å². The van der Waals surface area contributed by atoms with Crippen LogP contribution in [0.3, 0.4) is 0 Å². The molecule has 1 aromatic carbocycles. The first-order valence-corrected chi connectivity index (χ1v) is 13.1. The van der Waals surface area contributed by atoms with Crippen LogP contribution in [-0.4, -0.2) is 19.5 Å². The molecule has 2 fully saturated rings. The standard InChI is InChI=1S/C28H39F3O2/c1-2-3-4-5-6-19-7-9-21(10-8-19)24-17-32-28(33-18-24)22-13-11-20(12-14-22)23-15-25(29)27(31)26(30)16-23/h7,15-16,20-22,24,28H,2-6,8-14,17-18H2,1H3. The molecule has 2 nitrogen and oxygen atoms in total. The van der Waals surface area contributed by atoms with Crippen LogP contribution in [0, 0.1) is 35.2 Å². The molecule has 0 radical (unpaired) electrons. The normalized spacial score (nSPS) is 30.8. The van der Waals surface area contributed by atoms with E-state index in [4.69, 9.17) is 9.47 Å². The molecule has 184 valence electrons. The van der Waals surface area contributed by atoms with Gasteiger partial charge in [-0.15, -0.1) is 0 Å². The second kappa shape index (κ2) is 11.9. The van der Waals surface area contributed by atoms with Crippen LogP contribution in [0.5, 0.6) is 0 Å². The van der Waals surface area contributed by atoms with E-state index in [2.05, 4.69) is 13.0 Å². The molecule has 2 aliphatic carbocycles. The van der Waals surface area contributed by atoms with Gasteiger partial charge in [-0.2, -0.15) is 0 Å². The minimum absolute atomic E-state index is 0.0624. The van der Waals surface area contributed by atoms with E-state index in [-0.39, 0.29) is 12.2 Å². The van der Waals surface area contributed by atoms with Crippen molar-refractivity contribution in [1.82, 2.24) is 0 Å². The SMILES string of the molecule is CCCCCCC1=CCC(C2COC(C3CCC(c4cc(F)c(F)c(F)c4)CC3)OC2)CC1. The van der Waals surface area contributed by atoms with Gasteiger partial charge in [0.05, 0.1) is 13.2 Å². The second-order valence-electron chi connectivity index (χ2n) is 10.4. The molecule has 1 unspecified atom stereocenters. The molecule has 0 aromatic heterocycles. The van der Waals surface area contributed by atoms with Crippen LogP contribution in [0.4, 0.5) is 13.2 Å². The van der Waals surface area contributed by atoms with Gasteiger partial charge in [0.15, 0.2) is 23.7 Å². The summed E-state index contributed by atoms with van der Waals surface area (Å²) >= 11 is 0. The lowest BCUT2D eigenvalue weighted by atomic mass is 9.77. The topological polar surface area (TPSA) is 18.5 Å². The Morgan fingerprint density at radius 1 is 0.818 bits per heavy atom. The number of allylic oxidation sites excluding steroid dienone is 2. The molecular formula is C28H39F3O2. The third-order valence-corrected chi connectivity index (χ3v) is 8.15. The zero-order valence-corrected chi connectivity index (χ0v) is 20.0. The van der Waals surface area contributed by atoms with Crippen LogP contribution in [0.25, 0.3) is 0 Å². The van der Waals surface area contributed by atoms with E-state index in [1.807, 2.05) is 0 Å². The lowest BCUT2D eigenvalue weighted by molar-refractivity contribution is -0.235. The minimum Gasteiger partial charge on any atom is -0.352 e. The maximum absolute atomic E-state index is 13.6. The maximum Gasteiger partial charge on any atom is 0.194 e. The number of hydrogen-bond donors (Lipinski definition) is 0. The monoisotopic (exact) mass is 464 g/mol. The fourth-order valence-electron chi connectivity index (χ4n) is 5.96. The van der Waals surface area contributed by atoms with Crippen molar-refractivity contribution < 1.29 is 22.6 Å². The van der Waals surface area contributed by atoms with Crippen LogP contribution in [-0.2, 0) is 9.47 Å². The summed E-state index contributed by atoms with van der Waals surface area (Å²) in [5, 5.41) is 0. The highest BCUT2D eigenvalue weighted by Gasteiger charge is 2.35. The van der Waals surface area contributed by atoms with Crippen molar-refractivity contribution in [3.63, 3.8) is 0 Å². The third kappa shape index (κ3) is 6.42. The van der Waals surface area contributed by atoms with Crippen LogP contribution >= 0.6 is 0 Å². The Morgan fingerprint density at radius 3 is 2.12 bits per heavy atom. The highest BCUT2D eigenvalue weighted by atomic mass is 19.2. The number of rotatable bonds is 8. The Kier molecular flexibility index (Phi) is 8.92. The predicted octanol–water partition coefficient (Wildman–Crippen LogP) is 8.06. The Balaban J connectivity index is 1.19. The number of benzene rings is 1. The Bertz CT molecular complexity index is 769. The minimum atomic E-state index is -1.39. The van der Waals surface area contributed by atoms with E-state index in [1.54, 1.807) is 5.57 Å². The Morgan fingerprint density at radius 2 is 1.52 bits per heavy atom.